The van der Waals surface area contributed by atoms with E-state index < -0.39 is 38.5 Å². The summed E-state index contributed by atoms with van der Waals surface area (Å²) in [6, 6.07) is 8.90. The number of hydrogen-bond donors (Lipinski definition) is 1. The molecule has 0 radical (unpaired) electrons. The number of nitrogens with one attached hydrogen (secondary N) is 1. The molecule has 9 nitrogen and oxygen atoms in total. The van der Waals surface area contributed by atoms with Gasteiger partial charge in [-0.1, -0.05) is 11.6 Å². The second-order valence-electron chi connectivity index (χ2n) is 5.78. The number of ketones is 1. The fourth-order valence-electron chi connectivity index (χ4n) is 2.26. The number of anilines is 1. The Balaban J connectivity index is 2.15. The summed E-state index contributed by atoms with van der Waals surface area (Å²) in [4.78, 5) is 35.0. The zero-order valence-electron chi connectivity index (χ0n) is 14.7. The third-order valence-corrected chi connectivity index (χ3v) is 4.34. The Labute approximate surface area is 165 Å². The minimum absolute atomic E-state index is 0.102. The quantitative estimate of drug-likeness (QED) is 0.311. The van der Waals surface area contributed by atoms with Gasteiger partial charge in [-0.2, -0.15) is 0 Å². The summed E-state index contributed by atoms with van der Waals surface area (Å²) in [5.74, 6) is -1.63. The molecule has 148 valence electrons. The number of nitrogens with zero attached hydrogens (tertiary/aromatic N) is 1. The van der Waals surface area contributed by atoms with Gasteiger partial charge in [-0.15, -0.1) is 0 Å². The molecule has 1 unspecified atom stereocenters. The lowest BCUT2D eigenvalue weighted by Crippen LogP contribution is -2.25. The van der Waals surface area contributed by atoms with Crippen molar-refractivity contribution >= 4 is 44.8 Å². The first-order chi connectivity index (χ1) is 13.0. The summed E-state index contributed by atoms with van der Waals surface area (Å²) < 4.78 is 29.7. The van der Waals surface area contributed by atoms with Crippen LogP contribution in [-0.4, -0.2) is 37.5 Å². The molecule has 0 fully saturated rings. The predicted octanol–water partition coefficient (Wildman–Crippen LogP) is 3.05. The second-order valence-corrected chi connectivity index (χ2v) is 7.97. The van der Waals surface area contributed by atoms with Crippen molar-refractivity contribution < 1.29 is 27.7 Å². The van der Waals surface area contributed by atoms with E-state index in [-0.39, 0.29) is 21.8 Å². The first-order valence-corrected chi connectivity index (χ1v) is 10.0. The van der Waals surface area contributed by atoms with E-state index in [0.29, 0.717) is 0 Å². The van der Waals surface area contributed by atoms with Crippen LogP contribution in [-0.2, 0) is 14.8 Å². The fourth-order valence-corrected chi connectivity index (χ4v) is 3.00. The molecule has 28 heavy (non-hydrogen) atoms. The Bertz CT molecular complexity index is 1040. The van der Waals surface area contributed by atoms with Crippen molar-refractivity contribution in [3.63, 3.8) is 0 Å². The molecule has 1 N–H and O–H groups in total. The van der Waals surface area contributed by atoms with Gasteiger partial charge in [0.1, 0.15) is 5.56 Å². The fraction of sp³-hybridized carbons (Fsp3) is 0.176. The van der Waals surface area contributed by atoms with Crippen LogP contribution in [0.15, 0.2) is 42.5 Å². The Morgan fingerprint density at radius 1 is 1.18 bits per heavy atom. The standard InChI is InChI=1S/C17H15ClN2O7S/c1-10(16(21)11-3-6-13(7-4-11)19-28(2,25)26)27-17(22)14-9-12(18)5-8-15(14)20(23)24/h3-10,19H,1-2H3. The number of nitro benzene ring substituents is 1. The minimum atomic E-state index is -3.46. The third kappa shape index (κ3) is 5.51. The number of halogens is 1. The summed E-state index contributed by atoms with van der Waals surface area (Å²) in [7, 11) is -3.46. The largest absolute Gasteiger partial charge is 0.450 e. The van der Waals surface area contributed by atoms with E-state index in [9.17, 15) is 28.1 Å². The van der Waals surface area contributed by atoms with E-state index in [0.717, 1.165) is 18.4 Å². The number of carbonyl (C=O) groups excluding carboxylic acids is 2. The molecule has 11 heteroatoms. The van der Waals surface area contributed by atoms with Crippen LogP contribution in [0.3, 0.4) is 0 Å². The Hall–Kier alpha value is -2.98. The molecule has 1 atom stereocenters. The highest BCUT2D eigenvalue weighted by molar-refractivity contribution is 7.92. The molecule has 2 aromatic carbocycles. The maximum absolute atomic E-state index is 12.4. The van der Waals surface area contributed by atoms with Crippen molar-refractivity contribution in [2.24, 2.45) is 0 Å². The van der Waals surface area contributed by atoms with Crippen molar-refractivity contribution in [3.05, 3.63) is 68.7 Å². The van der Waals surface area contributed by atoms with Crippen molar-refractivity contribution in [1.82, 2.24) is 0 Å². The Kier molecular flexibility index (Phi) is 6.37. The monoisotopic (exact) mass is 426 g/mol. The van der Waals surface area contributed by atoms with Gasteiger partial charge in [0, 0.05) is 22.3 Å². The van der Waals surface area contributed by atoms with Gasteiger partial charge >= 0.3 is 5.97 Å². The van der Waals surface area contributed by atoms with Gasteiger partial charge in [-0.3, -0.25) is 19.6 Å². The predicted molar refractivity (Wildman–Crippen MR) is 102 cm³/mol. The maximum atomic E-state index is 12.4. The Morgan fingerprint density at radius 2 is 1.79 bits per heavy atom. The molecule has 0 aromatic heterocycles. The van der Waals surface area contributed by atoms with Crippen LogP contribution in [0.5, 0.6) is 0 Å². The highest BCUT2D eigenvalue weighted by atomic mass is 35.5. The van der Waals surface area contributed by atoms with Crippen molar-refractivity contribution in [1.29, 1.82) is 0 Å². The van der Waals surface area contributed by atoms with Crippen LogP contribution in [0.4, 0.5) is 11.4 Å². The number of ether oxygens (including phenoxy) is 1. The third-order valence-electron chi connectivity index (χ3n) is 3.50. The van der Waals surface area contributed by atoms with Crippen LogP contribution in [0, 0.1) is 10.1 Å². The van der Waals surface area contributed by atoms with Crippen molar-refractivity contribution in [2.45, 2.75) is 13.0 Å². The molecule has 0 saturated carbocycles. The van der Waals surface area contributed by atoms with E-state index in [2.05, 4.69) is 4.72 Å². The molecular weight excluding hydrogens is 412 g/mol. The van der Waals surface area contributed by atoms with Crippen LogP contribution >= 0.6 is 11.6 Å². The summed E-state index contributed by atoms with van der Waals surface area (Å²) in [6.07, 6.45) is -0.248. The van der Waals surface area contributed by atoms with E-state index in [1.54, 1.807) is 0 Å². The van der Waals surface area contributed by atoms with Gasteiger partial charge in [0.15, 0.2) is 6.10 Å². The SMILES string of the molecule is CC(OC(=O)c1cc(Cl)ccc1[N+](=O)[O-])C(=O)c1ccc(NS(C)(=O)=O)cc1. The van der Waals surface area contributed by atoms with Crippen molar-refractivity contribution in [3.8, 4) is 0 Å². The summed E-state index contributed by atoms with van der Waals surface area (Å²) in [5.41, 5.74) is -0.437. The zero-order chi connectivity index (χ0) is 21.1. The molecular formula is C17H15ClN2O7S. The number of esters is 1. The van der Waals surface area contributed by atoms with Crippen LogP contribution in [0.25, 0.3) is 0 Å². The summed E-state index contributed by atoms with van der Waals surface area (Å²) >= 11 is 5.78. The number of sulfonamides is 1. The van der Waals surface area contributed by atoms with Crippen LogP contribution in [0.2, 0.25) is 5.02 Å². The number of hydrogen-bond acceptors (Lipinski definition) is 7. The Morgan fingerprint density at radius 3 is 2.32 bits per heavy atom. The van der Waals surface area contributed by atoms with Gasteiger partial charge in [0.05, 0.1) is 11.2 Å². The van der Waals surface area contributed by atoms with Crippen LogP contribution in [0.1, 0.15) is 27.6 Å². The molecule has 0 amide bonds. The first kappa shape index (κ1) is 21.3. The lowest BCUT2D eigenvalue weighted by molar-refractivity contribution is -0.385. The molecule has 2 aromatic rings. The minimum Gasteiger partial charge on any atom is -0.450 e. The molecule has 2 rings (SSSR count). The maximum Gasteiger partial charge on any atom is 0.345 e. The topological polar surface area (TPSA) is 133 Å². The summed E-state index contributed by atoms with van der Waals surface area (Å²) in [6.45, 7) is 1.32. The van der Waals surface area contributed by atoms with Gasteiger partial charge in [0.2, 0.25) is 15.8 Å². The zero-order valence-corrected chi connectivity index (χ0v) is 16.3. The lowest BCUT2D eigenvalue weighted by atomic mass is 10.1. The van der Waals surface area contributed by atoms with E-state index in [1.165, 1.54) is 37.3 Å². The van der Waals surface area contributed by atoms with Gasteiger partial charge in [-0.25, -0.2) is 13.2 Å². The first-order valence-electron chi connectivity index (χ1n) is 7.75. The van der Waals surface area contributed by atoms with E-state index in [1.807, 2.05) is 0 Å². The number of nitro groups is 1. The van der Waals surface area contributed by atoms with Gasteiger partial charge in [0.25, 0.3) is 5.69 Å². The highest BCUT2D eigenvalue weighted by Gasteiger charge is 2.26. The highest BCUT2D eigenvalue weighted by Crippen LogP contribution is 2.24. The molecule has 0 bridgehead atoms. The normalized spacial score (nSPS) is 12.1. The molecule has 0 aliphatic rings. The molecule has 0 aliphatic carbocycles. The number of carbonyl (C=O) groups is 2. The van der Waals surface area contributed by atoms with E-state index >= 15 is 0 Å². The molecule has 0 saturated heterocycles. The smallest absolute Gasteiger partial charge is 0.345 e. The summed E-state index contributed by atoms with van der Waals surface area (Å²) in [5, 5.41) is 11.2. The lowest BCUT2D eigenvalue weighted by Gasteiger charge is -2.13. The van der Waals surface area contributed by atoms with Crippen molar-refractivity contribution in [2.75, 3.05) is 11.0 Å². The van der Waals surface area contributed by atoms with E-state index in [4.69, 9.17) is 16.3 Å². The van der Waals surface area contributed by atoms with Gasteiger partial charge < -0.3 is 4.74 Å². The van der Waals surface area contributed by atoms with Gasteiger partial charge in [-0.05, 0) is 43.3 Å². The molecule has 0 aliphatic heterocycles. The molecule has 0 heterocycles. The second kappa shape index (κ2) is 8.36. The number of Topliss-reactive ketones (excluding diaryl/α,β-unsaturated/α-hetero) is 1. The average Bonchev–Trinajstić information content (AvgIpc) is 2.60. The average molecular weight is 427 g/mol. The number of rotatable bonds is 7. The molecule has 0 spiro atoms. The van der Waals surface area contributed by atoms with Crippen LogP contribution < -0.4 is 4.72 Å². The number of benzene rings is 2.